The van der Waals surface area contributed by atoms with E-state index in [0.29, 0.717) is 42.8 Å². The molecule has 0 bridgehead atoms. The van der Waals surface area contributed by atoms with E-state index in [1.54, 1.807) is 25.4 Å². The predicted molar refractivity (Wildman–Crippen MR) is 123 cm³/mol. The molecule has 164 valence electrons. The summed E-state index contributed by atoms with van der Waals surface area (Å²) < 4.78 is 12.8. The minimum atomic E-state index is -0.472. The number of aromatic nitrogens is 3. The number of ether oxygens (including phenoxy) is 2. The van der Waals surface area contributed by atoms with Crippen molar-refractivity contribution in [1.82, 2.24) is 14.5 Å². The molecule has 2 aromatic heterocycles. The number of anilines is 1. The molecule has 0 aliphatic heterocycles. The van der Waals surface area contributed by atoms with Gasteiger partial charge in [0.05, 0.1) is 18.3 Å². The molecule has 3 N–H and O–H groups in total. The number of nitrogens with one attached hydrogen (secondary N) is 1. The van der Waals surface area contributed by atoms with Crippen LogP contribution in [0.15, 0.2) is 60.8 Å². The van der Waals surface area contributed by atoms with E-state index in [9.17, 15) is 4.79 Å². The van der Waals surface area contributed by atoms with E-state index in [2.05, 4.69) is 10.3 Å². The largest absolute Gasteiger partial charge is 0.486 e. The van der Waals surface area contributed by atoms with E-state index < -0.39 is 5.91 Å². The molecule has 32 heavy (non-hydrogen) atoms. The second-order valence-electron chi connectivity index (χ2n) is 7.29. The second kappa shape index (κ2) is 9.49. The molecule has 2 heterocycles. The number of rotatable bonds is 9. The lowest BCUT2D eigenvalue weighted by molar-refractivity contribution is 0.100. The van der Waals surface area contributed by atoms with Crippen molar-refractivity contribution in [2.75, 3.05) is 25.6 Å². The molecule has 0 unspecified atom stereocenters. The molecule has 2 aromatic carbocycles. The van der Waals surface area contributed by atoms with Crippen LogP contribution in [0.1, 0.15) is 21.6 Å². The molecule has 4 aromatic rings. The number of nitrogens with zero attached hydrogens (tertiary/aromatic N) is 3. The third-order valence-electron chi connectivity index (χ3n) is 5.09. The zero-order chi connectivity index (χ0) is 22.5. The number of carbonyl (C=O) groups excluding carboxylic acids is 1. The van der Waals surface area contributed by atoms with Crippen LogP contribution in [0.2, 0.25) is 0 Å². The smallest absolute Gasteiger partial charge is 0.249 e. The number of carbonyl (C=O) groups is 1. The van der Waals surface area contributed by atoms with Gasteiger partial charge < -0.3 is 20.5 Å². The Hall–Kier alpha value is -3.91. The number of methoxy groups -OCH3 is 1. The number of primary amides is 1. The molecule has 0 saturated heterocycles. The highest BCUT2D eigenvalue weighted by Gasteiger charge is 2.17. The van der Waals surface area contributed by atoms with Gasteiger partial charge in [-0.3, -0.25) is 9.36 Å². The van der Waals surface area contributed by atoms with Crippen LogP contribution in [0.4, 0.5) is 5.82 Å². The summed E-state index contributed by atoms with van der Waals surface area (Å²) in [4.78, 5) is 21.1. The van der Waals surface area contributed by atoms with Crippen molar-refractivity contribution in [2.24, 2.45) is 5.73 Å². The molecule has 0 fully saturated rings. The first-order chi connectivity index (χ1) is 15.6. The van der Waals surface area contributed by atoms with Crippen LogP contribution in [-0.4, -0.2) is 40.8 Å². The Labute approximate surface area is 186 Å². The SMILES string of the molecule is COCCOc1cnc(-n2c(C)cc3c(C(N)=O)cccc32)nc1NCc1ccccc1. The predicted octanol–water partition coefficient (Wildman–Crippen LogP) is 3.47. The van der Waals surface area contributed by atoms with E-state index in [1.165, 1.54) is 0 Å². The Kier molecular flexibility index (Phi) is 6.32. The number of benzene rings is 2. The fourth-order valence-electron chi connectivity index (χ4n) is 3.56. The first-order valence-electron chi connectivity index (χ1n) is 10.3. The summed E-state index contributed by atoms with van der Waals surface area (Å²) in [6, 6.07) is 17.4. The van der Waals surface area contributed by atoms with Crippen LogP contribution in [0.3, 0.4) is 0 Å². The normalized spacial score (nSPS) is 10.9. The molecular weight excluding hydrogens is 406 g/mol. The van der Waals surface area contributed by atoms with Gasteiger partial charge in [0, 0.05) is 30.3 Å². The van der Waals surface area contributed by atoms with Gasteiger partial charge in [-0.15, -0.1) is 0 Å². The summed E-state index contributed by atoms with van der Waals surface area (Å²) in [7, 11) is 1.62. The third-order valence-corrected chi connectivity index (χ3v) is 5.09. The van der Waals surface area contributed by atoms with E-state index in [0.717, 1.165) is 22.2 Å². The van der Waals surface area contributed by atoms with Gasteiger partial charge >= 0.3 is 0 Å². The van der Waals surface area contributed by atoms with Crippen LogP contribution in [0, 0.1) is 6.92 Å². The van der Waals surface area contributed by atoms with Gasteiger partial charge in [0.15, 0.2) is 11.6 Å². The highest BCUT2D eigenvalue weighted by Crippen LogP contribution is 2.28. The average Bonchev–Trinajstić information content (AvgIpc) is 3.14. The van der Waals surface area contributed by atoms with Crippen molar-refractivity contribution in [3.05, 3.63) is 77.6 Å². The van der Waals surface area contributed by atoms with Gasteiger partial charge in [-0.25, -0.2) is 4.98 Å². The van der Waals surface area contributed by atoms with Crippen molar-refractivity contribution < 1.29 is 14.3 Å². The maximum Gasteiger partial charge on any atom is 0.249 e. The number of nitrogens with two attached hydrogens (primary N) is 1. The van der Waals surface area contributed by atoms with Crippen molar-refractivity contribution in [3.8, 4) is 11.7 Å². The maximum atomic E-state index is 11.9. The quantitative estimate of drug-likeness (QED) is 0.393. The van der Waals surface area contributed by atoms with Gasteiger partial charge in [0.25, 0.3) is 0 Å². The van der Waals surface area contributed by atoms with Crippen LogP contribution < -0.4 is 15.8 Å². The lowest BCUT2D eigenvalue weighted by atomic mass is 10.1. The summed E-state index contributed by atoms with van der Waals surface area (Å²) in [6.45, 7) is 3.35. The Morgan fingerprint density at radius 1 is 1.12 bits per heavy atom. The average molecular weight is 431 g/mol. The molecule has 8 nitrogen and oxygen atoms in total. The molecule has 0 saturated carbocycles. The Morgan fingerprint density at radius 3 is 2.69 bits per heavy atom. The number of hydrogen-bond donors (Lipinski definition) is 2. The van der Waals surface area contributed by atoms with E-state index in [1.807, 2.05) is 54.0 Å². The minimum absolute atomic E-state index is 0.382. The number of hydrogen-bond acceptors (Lipinski definition) is 6. The van der Waals surface area contributed by atoms with Crippen molar-refractivity contribution >= 4 is 22.6 Å². The molecular formula is C24H25N5O3. The lowest BCUT2D eigenvalue weighted by Gasteiger charge is -2.14. The lowest BCUT2D eigenvalue weighted by Crippen LogP contribution is -2.12. The number of fused-ring (bicyclic) bond motifs is 1. The fraction of sp³-hybridized carbons (Fsp3) is 0.208. The van der Waals surface area contributed by atoms with Gasteiger partial charge in [-0.05, 0) is 30.7 Å². The Morgan fingerprint density at radius 2 is 1.94 bits per heavy atom. The van der Waals surface area contributed by atoms with Gasteiger partial charge in [0.1, 0.15) is 6.61 Å². The van der Waals surface area contributed by atoms with Crippen molar-refractivity contribution in [2.45, 2.75) is 13.5 Å². The molecule has 0 aliphatic rings. The third kappa shape index (κ3) is 4.40. The molecule has 0 spiro atoms. The molecule has 1 amide bonds. The summed E-state index contributed by atoms with van der Waals surface area (Å²) in [5.41, 5.74) is 8.83. The minimum Gasteiger partial charge on any atom is -0.486 e. The summed E-state index contributed by atoms with van der Waals surface area (Å²) >= 11 is 0. The van der Waals surface area contributed by atoms with Gasteiger partial charge in [-0.1, -0.05) is 36.4 Å². The van der Waals surface area contributed by atoms with E-state index >= 15 is 0 Å². The maximum absolute atomic E-state index is 11.9. The first-order valence-corrected chi connectivity index (χ1v) is 10.3. The molecule has 8 heteroatoms. The topological polar surface area (TPSA) is 104 Å². The summed E-state index contributed by atoms with van der Waals surface area (Å²) in [6.07, 6.45) is 1.65. The summed E-state index contributed by atoms with van der Waals surface area (Å²) in [5, 5.41) is 4.12. The molecule has 0 atom stereocenters. The fourth-order valence-corrected chi connectivity index (χ4v) is 3.56. The monoisotopic (exact) mass is 431 g/mol. The molecule has 0 radical (unpaired) electrons. The highest BCUT2D eigenvalue weighted by atomic mass is 16.5. The summed E-state index contributed by atoms with van der Waals surface area (Å²) in [5.74, 6) is 1.10. The Bertz CT molecular complexity index is 1240. The molecule has 0 aliphatic carbocycles. The number of amides is 1. The van der Waals surface area contributed by atoms with Gasteiger partial charge in [0.2, 0.25) is 11.9 Å². The van der Waals surface area contributed by atoms with Crippen LogP contribution in [-0.2, 0) is 11.3 Å². The second-order valence-corrected chi connectivity index (χ2v) is 7.29. The molecule has 4 rings (SSSR count). The van der Waals surface area contributed by atoms with Crippen LogP contribution in [0.25, 0.3) is 16.9 Å². The van der Waals surface area contributed by atoms with E-state index in [-0.39, 0.29) is 0 Å². The highest BCUT2D eigenvalue weighted by molar-refractivity contribution is 6.06. The zero-order valence-electron chi connectivity index (χ0n) is 18.0. The van der Waals surface area contributed by atoms with Gasteiger partial charge in [-0.2, -0.15) is 4.98 Å². The number of aryl methyl sites for hydroxylation is 1. The van der Waals surface area contributed by atoms with E-state index in [4.69, 9.17) is 20.2 Å². The Balaban J connectivity index is 1.74. The standard InChI is InChI=1S/C24H25N5O3/c1-16-13-19-18(22(25)30)9-6-10-20(19)29(16)24-27-15-21(32-12-11-31-2)23(28-24)26-14-17-7-4-3-5-8-17/h3-10,13,15H,11-12,14H2,1-2H3,(H2,25,30)(H,26,27,28). The van der Waals surface area contributed by atoms with Crippen LogP contribution in [0.5, 0.6) is 5.75 Å². The first kappa shape index (κ1) is 21.3. The zero-order valence-corrected chi connectivity index (χ0v) is 18.0. The van der Waals surface area contributed by atoms with Crippen LogP contribution >= 0.6 is 0 Å². The van der Waals surface area contributed by atoms with Crippen molar-refractivity contribution in [3.63, 3.8) is 0 Å². The van der Waals surface area contributed by atoms with Crippen molar-refractivity contribution in [1.29, 1.82) is 0 Å².